The molecule has 0 bridgehead atoms. The van der Waals surface area contributed by atoms with Crippen molar-refractivity contribution in [1.82, 2.24) is 4.98 Å². The van der Waals surface area contributed by atoms with Crippen molar-refractivity contribution in [3.8, 4) is 0 Å². The van der Waals surface area contributed by atoms with Gasteiger partial charge in [-0.2, -0.15) is 0 Å². The standard InChI is InChI=1S/C12H17NO2/c14-11(12-13-8-9-15-12)7-6-10-4-2-1-3-5-10/h8-10H,1-7H2. The summed E-state index contributed by atoms with van der Waals surface area (Å²) in [5.41, 5.74) is 0. The second-order valence-electron chi connectivity index (χ2n) is 4.30. The summed E-state index contributed by atoms with van der Waals surface area (Å²) in [6.45, 7) is 0. The molecule has 2 rings (SSSR count). The zero-order valence-corrected chi connectivity index (χ0v) is 8.95. The zero-order chi connectivity index (χ0) is 10.5. The Morgan fingerprint density at radius 2 is 2.20 bits per heavy atom. The monoisotopic (exact) mass is 207 g/mol. The number of carbonyl (C=O) groups is 1. The van der Waals surface area contributed by atoms with Gasteiger partial charge in [0.15, 0.2) is 0 Å². The third-order valence-electron chi connectivity index (χ3n) is 3.18. The van der Waals surface area contributed by atoms with E-state index in [0.29, 0.717) is 6.42 Å². The molecule has 0 aliphatic heterocycles. The molecule has 1 aliphatic carbocycles. The summed E-state index contributed by atoms with van der Waals surface area (Å²) in [5.74, 6) is 1.06. The van der Waals surface area contributed by atoms with E-state index in [4.69, 9.17) is 4.42 Å². The summed E-state index contributed by atoms with van der Waals surface area (Å²) in [4.78, 5) is 15.5. The fraction of sp³-hybridized carbons (Fsp3) is 0.667. The fourth-order valence-electron chi connectivity index (χ4n) is 2.28. The lowest BCUT2D eigenvalue weighted by Gasteiger charge is -2.20. The lowest BCUT2D eigenvalue weighted by molar-refractivity contribution is 0.0936. The van der Waals surface area contributed by atoms with E-state index in [9.17, 15) is 4.79 Å². The van der Waals surface area contributed by atoms with Crippen molar-refractivity contribution in [3.05, 3.63) is 18.4 Å². The summed E-state index contributed by atoms with van der Waals surface area (Å²) in [5, 5.41) is 0. The molecule has 82 valence electrons. The van der Waals surface area contributed by atoms with Crippen molar-refractivity contribution in [2.24, 2.45) is 5.92 Å². The Balaban J connectivity index is 1.75. The molecule has 0 saturated heterocycles. The topological polar surface area (TPSA) is 43.1 Å². The molecule has 0 aromatic carbocycles. The Kier molecular flexibility index (Phi) is 3.54. The molecule has 0 N–H and O–H groups in total. The van der Waals surface area contributed by atoms with Gasteiger partial charge in [-0.1, -0.05) is 32.1 Å². The smallest absolute Gasteiger partial charge is 0.263 e. The maximum atomic E-state index is 11.6. The molecule has 0 radical (unpaired) electrons. The summed E-state index contributed by atoms with van der Waals surface area (Å²) >= 11 is 0. The summed E-state index contributed by atoms with van der Waals surface area (Å²) in [6, 6.07) is 0. The van der Waals surface area contributed by atoms with Crippen LogP contribution in [0, 0.1) is 5.92 Å². The molecule has 0 spiro atoms. The Morgan fingerprint density at radius 1 is 1.40 bits per heavy atom. The number of aromatic nitrogens is 1. The zero-order valence-electron chi connectivity index (χ0n) is 8.95. The van der Waals surface area contributed by atoms with Crippen LogP contribution in [0.5, 0.6) is 0 Å². The molecule has 1 heterocycles. The van der Waals surface area contributed by atoms with Crippen LogP contribution in [0.3, 0.4) is 0 Å². The van der Waals surface area contributed by atoms with Gasteiger partial charge in [-0.05, 0) is 12.3 Å². The molecule has 1 fully saturated rings. The van der Waals surface area contributed by atoms with Crippen LogP contribution in [0.15, 0.2) is 16.9 Å². The molecule has 1 aliphatic rings. The number of Topliss-reactive ketones (excluding diaryl/α,β-unsaturated/α-hetero) is 1. The van der Waals surface area contributed by atoms with E-state index >= 15 is 0 Å². The van der Waals surface area contributed by atoms with Gasteiger partial charge in [0.1, 0.15) is 6.26 Å². The van der Waals surface area contributed by atoms with E-state index < -0.39 is 0 Å². The molecule has 1 aromatic rings. The van der Waals surface area contributed by atoms with E-state index in [1.807, 2.05) is 0 Å². The first-order chi connectivity index (χ1) is 7.36. The Morgan fingerprint density at radius 3 is 2.87 bits per heavy atom. The van der Waals surface area contributed by atoms with Crippen molar-refractivity contribution in [1.29, 1.82) is 0 Å². The number of nitrogens with zero attached hydrogens (tertiary/aromatic N) is 1. The number of hydrogen-bond donors (Lipinski definition) is 0. The van der Waals surface area contributed by atoms with Gasteiger partial charge < -0.3 is 4.42 Å². The predicted octanol–water partition coefficient (Wildman–Crippen LogP) is 3.22. The second-order valence-corrected chi connectivity index (χ2v) is 4.30. The minimum atomic E-state index is 0.0468. The van der Waals surface area contributed by atoms with Crippen LogP contribution >= 0.6 is 0 Å². The summed E-state index contributed by atoms with van der Waals surface area (Å²) < 4.78 is 4.97. The predicted molar refractivity (Wildman–Crippen MR) is 56.6 cm³/mol. The van der Waals surface area contributed by atoms with Gasteiger partial charge in [0.25, 0.3) is 5.89 Å². The maximum Gasteiger partial charge on any atom is 0.263 e. The average molecular weight is 207 g/mol. The van der Waals surface area contributed by atoms with Crippen molar-refractivity contribution in [2.75, 3.05) is 0 Å². The van der Waals surface area contributed by atoms with Gasteiger partial charge in [0, 0.05) is 6.42 Å². The van der Waals surface area contributed by atoms with E-state index in [2.05, 4.69) is 4.98 Å². The molecular weight excluding hydrogens is 190 g/mol. The van der Waals surface area contributed by atoms with E-state index in [1.165, 1.54) is 44.6 Å². The highest BCUT2D eigenvalue weighted by Crippen LogP contribution is 2.27. The minimum Gasteiger partial charge on any atom is -0.442 e. The lowest BCUT2D eigenvalue weighted by Crippen LogP contribution is -2.09. The fourth-order valence-corrected chi connectivity index (χ4v) is 2.28. The molecule has 0 unspecified atom stereocenters. The highest BCUT2D eigenvalue weighted by atomic mass is 16.3. The quantitative estimate of drug-likeness (QED) is 0.712. The molecule has 3 nitrogen and oxygen atoms in total. The summed E-state index contributed by atoms with van der Waals surface area (Å²) in [6.07, 6.45) is 11.2. The highest BCUT2D eigenvalue weighted by molar-refractivity contribution is 5.91. The van der Waals surface area contributed by atoms with Crippen LogP contribution in [0.25, 0.3) is 0 Å². The van der Waals surface area contributed by atoms with Gasteiger partial charge in [-0.3, -0.25) is 4.79 Å². The van der Waals surface area contributed by atoms with Crippen molar-refractivity contribution in [2.45, 2.75) is 44.9 Å². The van der Waals surface area contributed by atoms with Crippen LogP contribution in [0.4, 0.5) is 0 Å². The van der Waals surface area contributed by atoms with Crippen LogP contribution in [0.1, 0.15) is 55.6 Å². The van der Waals surface area contributed by atoms with Gasteiger partial charge in [0.2, 0.25) is 5.78 Å². The maximum absolute atomic E-state index is 11.6. The second kappa shape index (κ2) is 5.10. The molecule has 1 aromatic heterocycles. The number of carbonyl (C=O) groups excluding carboxylic acids is 1. The first kappa shape index (κ1) is 10.4. The molecule has 0 atom stereocenters. The van der Waals surface area contributed by atoms with E-state index in [-0.39, 0.29) is 11.7 Å². The van der Waals surface area contributed by atoms with E-state index in [0.717, 1.165) is 12.3 Å². The molecule has 0 amide bonds. The Bertz CT molecular complexity index is 299. The molecular formula is C12H17NO2. The van der Waals surface area contributed by atoms with E-state index in [1.54, 1.807) is 0 Å². The minimum absolute atomic E-state index is 0.0468. The average Bonchev–Trinajstić information content (AvgIpc) is 2.81. The van der Waals surface area contributed by atoms with Crippen LogP contribution in [-0.4, -0.2) is 10.8 Å². The normalized spacial score (nSPS) is 17.9. The van der Waals surface area contributed by atoms with Crippen LogP contribution in [0.2, 0.25) is 0 Å². The third-order valence-corrected chi connectivity index (χ3v) is 3.18. The lowest BCUT2D eigenvalue weighted by atomic mass is 9.86. The largest absolute Gasteiger partial charge is 0.442 e. The van der Waals surface area contributed by atoms with Gasteiger partial charge >= 0.3 is 0 Å². The number of ketones is 1. The summed E-state index contributed by atoms with van der Waals surface area (Å²) in [7, 11) is 0. The highest BCUT2D eigenvalue weighted by Gasteiger charge is 2.17. The Hall–Kier alpha value is -1.12. The van der Waals surface area contributed by atoms with Crippen molar-refractivity contribution in [3.63, 3.8) is 0 Å². The third kappa shape index (κ3) is 2.91. The van der Waals surface area contributed by atoms with Gasteiger partial charge in [0.05, 0.1) is 6.20 Å². The first-order valence-corrected chi connectivity index (χ1v) is 5.79. The van der Waals surface area contributed by atoms with Crippen molar-refractivity contribution < 1.29 is 9.21 Å². The first-order valence-electron chi connectivity index (χ1n) is 5.79. The molecule has 15 heavy (non-hydrogen) atoms. The van der Waals surface area contributed by atoms with Gasteiger partial charge in [-0.15, -0.1) is 0 Å². The van der Waals surface area contributed by atoms with Crippen LogP contribution < -0.4 is 0 Å². The molecule has 1 saturated carbocycles. The van der Waals surface area contributed by atoms with Gasteiger partial charge in [-0.25, -0.2) is 4.98 Å². The van der Waals surface area contributed by atoms with Crippen LogP contribution in [-0.2, 0) is 0 Å². The SMILES string of the molecule is O=C(CCC1CCCCC1)c1ncco1. The number of hydrogen-bond acceptors (Lipinski definition) is 3. The number of oxazole rings is 1. The Labute approximate surface area is 89.9 Å². The molecule has 3 heteroatoms. The number of rotatable bonds is 4. The van der Waals surface area contributed by atoms with Crippen molar-refractivity contribution >= 4 is 5.78 Å².